The van der Waals surface area contributed by atoms with Crippen molar-refractivity contribution in [2.45, 2.75) is 32.7 Å². The third kappa shape index (κ3) is 2.79. The Balaban J connectivity index is 2.26. The summed E-state index contributed by atoms with van der Waals surface area (Å²) >= 11 is 3.84. The van der Waals surface area contributed by atoms with Gasteiger partial charge in [0.25, 0.3) is 0 Å². The predicted molar refractivity (Wildman–Crippen MR) is 78.3 cm³/mol. The zero-order chi connectivity index (χ0) is 12.3. The Morgan fingerprint density at radius 3 is 1.71 bits per heavy atom. The second kappa shape index (κ2) is 5.80. The molecule has 0 aliphatic rings. The molecule has 0 fully saturated rings. The third-order valence-electron chi connectivity index (χ3n) is 2.92. The number of rotatable bonds is 5. The molecule has 3 heteroatoms. The number of thiophene rings is 2. The van der Waals surface area contributed by atoms with Crippen LogP contribution in [0.3, 0.4) is 0 Å². The summed E-state index contributed by atoms with van der Waals surface area (Å²) in [6, 6.07) is 9.38. The lowest BCUT2D eigenvalue weighted by molar-refractivity contribution is 0.716. The molecule has 0 aromatic carbocycles. The SMILES string of the molecule is CCc1ccc(C(NC)c2ccc(CC)s2)s1. The molecule has 0 bridgehead atoms. The molecule has 0 amide bonds. The van der Waals surface area contributed by atoms with Crippen molar-refractivity contribution >= 4 is 22.7 Å². The van der Waals surface area contributed by atoms with Gasteiger partial charge in [0.15, 0.2) is 0 Å². The summed E-state index contributed by atoms with van der Waals surface area (Å²) in [7, 11) is 2.04. The van der Waals surface area contributed by atoms with Gasteiger partial charge in [-0.1, -0.05) is 13.8 Å². The quantitative estimate of drug-likeness (QED) is 0.852. The molecule has 2 aromatic rings. The first-order chi connectivity index (χ1) is 8.28. The standard InChI is InChI=1S/C14H19NS2/c1-4-10-6-8-12(16-10)14(15-3)13-9-7-11(5-2)17-13/h6-9,14-15H,4-5H2,1-3H3. The Hall–Kier alpha value is -0.640. The first-order valence-corrected chi connectivity index (χ1v) is 7.76. The molecule has 0 aliphatic heterocycles. The summed E-state index contributed by atoms with van der Waals surface area (Å²) in [6.07, 6.45) is 2.26. The fraction of sp³-hybridized carbons (Fsp3) is 0.429. The molecule has 2 rings (SSSR count). The van der Waals surface area contributed by atoms with Gasteiger partial charge in [0.05, 0.1) is 6.04 Å². The molecule has 0 saturated carbocycles. The van der Waals surface area contributed by atoms with Crippen molar-refractivity contribution < 1.29 is 0 Å². The molecule has 92 valence electrons. The van der Waals surface area contributed by atoms with E-state index in [2.05, 4.69) is 43.4 Å². The van der Waals surface area contributed by atoms with E-state index in [-0.39, 0.29) is 0 Å². The molecule has 0 aliphatic carbocycles. The summed E-state index contributed by atoms with van der Waals surface area (Å²) in [4.78, 5) is 5.78. The Bertz CT molecular complexity index is 428. The van der Waals surface area contributed by atoms with Crippen LogP contribution in [0.4, 0.5) is 0 Å². The molecule has 0 unspecified atom stereocenters. The lowest BCUT2D eigenvalue weighted by atomic mass is 10.2. The second-order valence-electron chi connectivity index (χ2n) is 4.04. The van der Waals surface area contributed by atoms with Gasteiger partial charge in [0.2, 0.25) is 0 Å². The van der Waals surface area contributed by atoms with E-state index in [1.807, 2.05) is 29.7 Å². The molecule has 1 N–H and O–H groups in total. The van der Waals surface area contributed by atoms with Crippen molar-refractivity contribution in [1.82, 2.24) is 5.32 Å². The van der Waals surface area contributed by atoms with Gasteiger partial charge in [-0.2, -0.15) is 0 Å². The Labute approximate surface area is 112 Å². The maximum atomic E-state index is 3.43. The van der Waals surface area contributed by atoms with Gasteiger partial charge in [0.1, 0.15) is 0 Å². The molecular weight excluding hydrogens is 246 g/mol. The molecule has 2 heterocycles. The lowest BCUT2D eigenvalue weighted by Gasteiger charge is -2.12. The number of aryl methyl sites for hydroxylation is 2. The third-order valence-corrected chi connectivity index (χ3v) is 5.51. The fourth-order valence-corrected chi connectivity index (χ4v) is 4.14. The van der Waals surface area contributed by atoms with Gasteiger partial charge in [-0.05, 0) is 44.2 Å². The van der Waals surface area contributed by atoms with Crippen molar-refractivity contribution in [3.8, 4) is 0 Å². The molecule has 0 spiro atoms. The molecule has 17 heavy (non-hydrogen) atoms. The summed E-state index contributed by atoms with van der Waals surface area (Å²) < 4.78 is 0. The van der Waals surface area contributed by atoms with Gasteiger partial charge in [-0.25, -0.2) is 0 Å². The van der Waals surface area contributed by atoms with E-state index < -0.39 is 0 Å². The van der Waals surface area contributed by atoms with Gasteiger partial charge >= 0.3 is 0 Å². The first-order valence-electron chi connectivity index (χ1n) is 6.13. The van der Waals surface area contributed by atoms with Crippen LogP contribution < -0.4 is 5.32 Å². The minimum absolute atomic E-state index is 0.366. The van der Waals surface area contributed by atoms with Crippen LogP contribution in [0.2, 0.25) is 0 Å². The normalized spacial score (nSPS) is 11.3. The largest absolute Gasteiger partial charge is 0.308 e. The zero-order valence-corrected chi connectivity index (χ0v) is 12.3. The van der Waals surface area contributed by atoms with Crippen LogP contribution in [0, 0.1) is 0 Å². The van der Waals surface area contributed by atoms with Gasteiger partial charge in [-0.3, -0.25) is 0 Å². The van der Waals surface area contributed by atoms with Gasteiger partial charge in [0, 0.05) is 19.5 Å². The van der Waals surface area contributed by atoms with E-state index in [0.717, 1.165) is 12.8 Å². The highest BCUT2D eigenvalue weighted by Gasteiger charge is 2.15. The van der Waals surface area contributed by atoms with E-state index in [0.29, 0.717) is 6.04 Å². The lowest BCUT2D eigenvalue weighted by Crippen LogP contribution is -2.14. The Kier molecular flexibility index (Phi) is 4.37. The van der Waals surface area contributed by atoms with Crippen LogP contribution in [0.5, 0.6) is 0 Å². The summed E-state index contributed by atoms with van der Waals surface area (Å²) in [6.45, 7) is 4.43. The van der Waals surface area contributed by atoms with Crippen LogP contribution in [0.1, 0.15) is 39.4 Å². The van der Waals surface area contributed by atoms with Crippen molar-refractivity contribution in [3.63, 3.8) is 0 Å². The number of hydrogen-bond donors (Lipinski definition) is 1. The summed E-state index contributed by atoms with van der Waals surface area (Å²) in [5.74, 6) is 0. The van der Waals surface area contributed by atoms with Crippen molar-refractivity contribution in [2.75, 3.05) is 7.05 Å². The fourth-order valence-electron chi connectivity index (χ4n) is 1.90. The monoisotopic (exact) mass is 265 g/mol. The zero-order valence-electron chi connectivity index (χ0n) is 10.6. The number of nitrogens with one attached hydrogen (secondary N) is 1. The van der Waals surface area contributed by atoms with Crippen LogP contribution in [-0.2, 0) is 12.8 Å². The predicted octanol–water partition coefficient (Wildman–Crippen LogP) is 4.24. The highest BCUT2D eigenvalue weighted by Crippen LogP contribution is 2.32. The van der Waals surface area contributed by atoms with Crippen LogP contribution in [0.15, 0.2) is 24.3 Å². The van der Waals surface area contributed by atoms with Gasteiger partial charge < -0.3 is 5.32 Å². The van der Waals surface area contributed by atoms with Crippen LogP contribution in [0.25, 0.3) is 0 Å². The van der Waals surface area contributed by atoms with Crippen molar-refractivity contribution in [3.05, 3.63) is 43.8 Å². The molecule has 0 radical (unpaired) electrons. The summed E-state index contributed by atoms with van der Waals surface area (Å²) in [5.41, 5.74) is 0. The molecule has 2 aromatic heterocycles. The van der Waals surface area contributed by atoms with E-state index in [1.165, 1.54) is 19.5 Å². The highest BCUT2D eigenvalue weighted by atomic mass is 32.1. The van der Waals surface area contributed by atoms with E-state index in [9.17, 15) is 0 Å². The Morgan fingerprint density at radius 1 is 0.941 bits per heavy atom. The molecule has 0 saturated heterocycles. The van der Waals surface area contributed by atoms with E-state index >= 15 is 0 Å². The smallest absolute Gasteiger partial charge is 0.0762 e. The maximum Gasteiger partial charge on any atom is 0.0762 e. The number of hydrogen-bond acceptors (Lipinski definition) is 3. The first kappa shape index (κ1) is 12.8. The van der Waals surface area contributed by atoms with E-state index in [1.54, 1.807) is 0 Å². The minimum Gasteiger partial charge on any atom is -0.308 e. The topological polar surface area (TPSA) is 12.0 Å². The van der Waals surface area contributed by atoms with Crippen LogP contribution in [-0.4, -0.2) is 7.05 Å². The Morgan fingerprint density at radius 2 is 1.41 bits per heavy atom. The van der Waals surface area contributed by atoms with Crippen LogP contribution >= 0.6 is 22.7 Å². The second-order valence-corrected chi connectivity index (χ2v) is 6.44. The molecular formula is C14H19NS2. The minimum atomic E-state index is 0.366. The van der Waals surface area contributed by atoms with Crippen molar-refractivity contribution in [2.24, 2.45) is 0 Å². The van der Waals surface area contributed by atoms with Crippen molar-refractivity contribution in [1.29, 1.82) is 0 Å². The average Bonchev–Trinajstić information content (AvgIpc) is 2.99. The highest BCUT2D eigenvalue weighted by molar-refractivity contribution is 7.13. The van der Waals surface area contributed by atoms with E-state index in [4.69, 9.17) is 0 Å². The molecule has 1 nitrogen and oxygen atoms in total. The molecule has 0 atom stereocenters. The maximum absolute atomic E-state index is 3.43. The van der Waals surface area contributed by atoms with Gasteiger partial charge in [-0.15, -0.1) is 22.7 Å². The summed E-state index contributed by atoms with van der Waals surface area (Å²) in [5, 5.41) is 3.43. The average molecular weight is 265 g/mol.